The number of rotatable bonds is 10. The van der Waals surface area contributed by atoms with Crippen LogP contribution in [0, 0.1) is 0 Å². The number of aliphatic hydroxyl groups is 1. The van der Waals surface area contributed by atoms with Crippen molar-refractivity contribution in [2.75, 3.05) is 24.8 Å². The van der Waals surface area contributed by atoms with E-state index in [1.165, 1.54) is 11.8 Å². The van der Waals surface area contributed by atoms with Crippen molar-refractivity contribution in [3.05, 3.63) is 78.1 Å². The predicted molar refractivity (Wildman–Crippen MR) is 139 cm³/mol. The summed E-state index contributed by atoms with van der Waals surface area (Å²) >= 11 is 1.24. The molecule has 0 spiro atoms. The summed E-state index contributed by atoms with van der Waals surface area (Å²) in [6.45, 7) is 2.06. The summed E-state index contributed by atoms with van der Waals surface area (Å²) < 4.78 is 6.90. The number of carbonyl (C=O) groups excluding carboxylic acids is 2. The molecule has 0 aliphatic rings. The molecule has 1 heterocycles. The first-order chi connectivity index (χ1) is 17.5. The van der Waals surface area contributed by atoms with Crippen LogP contribution in [-0.2, 0) is 11.3 Å². The number of hydrogen-bond acceptors (Lipinski definition) is 7. The smallest absolute Gasteiger partial charge is 0.251 e. The Morgan fingerprint density at radius 1 is 1.06 bits per heavy atom. The van der Waals surface area contributed by atoms with E-state index in [9.17, 15) is 14.7 Å². The second-order valence-corrected chi connectivity index (χ2v) is 8.86. The van der Waals surface area contributed by atoms with E-state index in [1.807, 2.05) is 49.4 Å². The summed E-state index contributed by atoms with van der Waals surface area (Å²) in [5.41, 5.74) is 1.15. The fourth-order valence-electron chi connectivity index (χ4n) is 3.73. The third kappa shape index (κ3) is 5.84. The van der Waals surface area contributed by atoms with Crippen LogP contribution in [0.15, 0.2) is 71.9 Å². The second-order valence-electron chi connectivity index (χ2n) is 7.92. The van der Waals surface area contributed by atoms with Crippen LogP contribution in [0.1, 0.15) is 29.1 Å². The van der Waals surface area contributed by atoms with Crippen LogP contribution in [0.2, 0.25) is 0 Å². The molecule has 0 aliphatic carbocycles. The van der Waals surface area contributed by atoms with E-state index in [0.29, 0.717) is 28.8 Å². The lowest BCUT2D eigenvalue weighted by Crippen LogP contribution is -2.32. The summed E-state index contributed by atoms with van der Waals surface area (Å²) in [7, 11) is 1.55. The number of methoxy groups -OCH3 is 1. The molecule has 3 aromatic carbocycles. The van der Waals surface area contributed by atoms with Crippen molar-refractivity contribution in [1.82, 2.24) is 20.1 Å². The second kappa shape index (κ2) is 11.7. The van der Waals surface area contributed by atoms with Crippen molar-refractivity contribution < 1.29 is 19.4 Å². The molecule has 0 fully saturated rings. The Kier molecular flexibility index (Phi) is 8.19. The zero-order valence-electron chi connectivity index (χ0n) is 20.0. The molecule has 1 atom stereocenters. The minimum atomic E-state index is -0.757. The van der Waals surface area contributed by atoms with Crippen LogP contribution in [0.4, 0.5) is 5.69 Å². The first kappa shape index (κ1) is 25.2. The number of fused-ring (bicyclic) bond motifs is 1. The van der Waals surface area contributed by atoms with Crippen LogP contribution in [-0.4, -0.2) is 51.2 Å². The molecule has 4 aromatic rings. The number of nitrogens with one attached hydrogen (secondary N) is 2. The summed E-state index contributed by atoms with van der Waals surface area (Å²) in [4.78, 5) is 25.3. The summed E-state index contributed by atoms with van der Waals surface area (Å²) in [6.07, 6.45) is 0. The average molecular weight is 506 g/mol. The molecule has 0 saturated heterocycles. The van der Waals surface area contributed by atoms with Crippen molar-refractivity contribution in [2.45, 2.75) is 24.7 Å². The van der Waals surface area contributed by atoms with Crippen LogP contribution in [0.5, 0.6) is 5.75 Å². The van der Waals surface area contributed by atoms with Crippen molar-refractivity contribution in [2.24, 2.45) is 0 Å². The Labute approximate surface area is 212 Å². The highest BCUT2D eigenvalue weighted by Gasteiger charge is 2.23. The van der Waals surface area contributed by atoms with Crippen LogP contribution in [0.25, 0.3) is 10.8 Å². The van der Waals surface area contributed by atoms with Gasteiger partial charge in [0, 0.05) is 17.8 Å². The summed E-state index contributed by atoms with van der Waals surface area (Å²) in [6, 6.07) is 19.6. The SMILES string of the molecule is CCn1c(SCC(=O)Nc2ccc3ccccc3c2)nnc1[C@H](CO)NC(=O)c1ccc(OC)cc1. The Morgan fingerprint density at radius 3 is 2.50 bits per heavy atom. The number of ether oxygens (including phenoxy) is 1. The molecule has 9 nitrogen and oxygen atoms in total. The summed E-state index contributed by atoms with van der Waals surface area (Å²) in [5.74, 6) is 0.661. The first-order valence-electron chi connectivity index (χ1n) is 11.4. The van der Waals surface area contributed by atoms with Crippen LogP contribution < -0.4 is 15.4 Å². The van der Waals surface area contributed by atoms with Gasteiger partial charge in [0.1, 0.15) is 11.8 Å². The van der Waals surface area contributed by atoms with E-state index < -0.39 is 6.04 Å². The number of amides is 2. The van der Waals surface area contributed by atoms with Gasteiger partial charge in [-0.2, -0.15) is 0 Å². The Bertz CT molecular complexity index is 1360. The Hall–Kier alpha value is -3.89. The third-order valence-electron chi connectivity index (χ3n) is 5.58. The topological polar surface area (TPSA) is 118 Å². The summed E-state index contributed by atoms with van der Waals surface area (Å²) in [5, 5.41) is 26.7. The van der Waals surface area contributed by atoms with E-state index in [4.69, 9.17) is 4.74 Å². The number of hydrogen-bond donors (Lipinski definition) is 3. The quantitative estimate of drug-likeness (QED) is 0.282. The number of anilines is 1. The maximum absolute atomic E-state index is 12.7. The highest BCUT2D eigenvalue weighted by Crippen LogP contribution is 2.23. The van der Waals surface area contributed by atoms with E-state index >= 15 is 0 Å². The lowest BCUT2D eigenvalue weighted by molar-refractivity contribution is -0.113. The van der Waals surface area contributed by atoms with Gasteiger partial charge in [0.15, 0.2) is 11.0 Å². The molecule has 0 saturated carbocycles. The van der Waals surface area contributed by atoms with E-state index in [1.54, 1.807) is 35.9 Å². The van der Waals surface area contributed by atoms with Gasteiger partial charge in [0.2, 0.25) is 5.91 Å². The first-order valence-corrected chi connectivity index (χ1v) is 12.4. The average Bonchev–Trinajstić information content (AvgIpc) is 3.33. The highest BCUT2D eigenvalue weighted by molar-refractivity contribution is 7.99. The number of aliphatic hydroxyl groups excluding tert-OH is 1. The van der Waals surface area contributed by atoms with Crippen molar-refractivity contribution in [3.63, 3.8) is 0 Å². The zero-order valence-corrected chi connectivity index (χ0v) is 20.8. The maximum Gasteiger partial charge on any atom is 0.251 e. The highest BCUT2D eigenvalue weighted by atomic mass is 32.2. The maximum atomic E-state index is 12.7. The number of nitrogens with zero attached hydrogens (tertiary/aromatic N) is 3. The van der Waals surface area contributed by atoms with Gasteiger partial charge in [-0.3, -0.25) is 9.59 Å². The monoisotopic (exact) mass is 505 g/mol. The molecule has 186 valence electrons. The molecule has 0 bridgehead atoms. The standard InChI is InChI=1S/C26H27N5O4S/c1-3-31-24(22(15-32)28-25(34)18-9-12-21(35-2)13-10-18)29-30-26(31)36-16-23(33)27-20-11-8-17-6-4-5-7-19(17)14-20/h4-14,22,32H,3,15-16H2,1-2H3,(H,27,33)(H,28,34)/t22-/m0/s1. The molecule has 0 aliphatic heterocycles. The molecule has 3 N–H and O–H groups in total. The van der Waals surface area contributed by atoms with Crippen LogP contribution in [0.3, 0.4) is 0 Å². The zero-order chi connectivity index (χ0) is 25.5. The largest absolute Gasteiger partial charge is 0.497 e. The molecule has 0 radical (unpaired) electrons. The minimum absolute atomic E-state index is 0.132. The lowest BCUT2D eigenvalue weighted by Gasteiger charge is -2.17. The van der Waals surface area contributed by atoms with Gasteiger partial charge in [0.05, 0.1) is 19.5 Å². The molecule has 10 heteroatoms. The van der Waals surface area contributed by atoms with Crippen molar-refractivity contribution in [3.8, 4) is 5.75 Å². The van der Waals surface area contributed by atoms with Gasteiger partial charge in [0.25, 0.3) is 5.91 Å². The normalized spacial score (nSPS) is 11.8. The molecule has 4 rings (SSSR count). The molecule has 0 unspecified atom stereocenters. The van der Waals surface area contributed by atoms with E-state index in [-0.39, 0.29) is 24.2 Å². The number of aromatic nitrogens is 3. The lowest BCUT2D eigenvalue weighted by atomic mass is 10.1. The molecular formula is C26H27N5O4S. The van der Waals surface area contributed by atoms with Gasteiger partial charge >= 0.3 is 0 Å². The van der Waals surface area contributed by atoms with Gasteiger partial charge < -0.3 is 25.0 Å². The van der Waals surface area contributed by atoms with Gasteiger partial charge in [-0.1, -0.05) is 42.1 Å². The van der Waals surface area contributed by atoms with Crippen molar-refractivity contribution >= 4 is 40.0 Å². The Morgan fingerprint density at radius 2 is 1.81 bits per heavy atom. The number of carbonyl (C=O) groups is 2. The minimum Gasteiger partial charge on any atom is -0.497 e. The fourth-order valence-corrected chi connectivity index (χ4v) is 4.54. The Balaban J connectivity index is 1.40. The van der Waals surface area contributed by atoms with Gasteiger partial charge in [-0.25, -0.2) is 0 Å². The molecule has 2 amide bonds. The van der Waals surface area contributed by atoms with E-state index in [2.05, 4.69) is 20.8 Å². The molecule has 36 heavy (non-hydrogen) atoms. The van der Waals surface area contributed by atoms with E-state index in [0.717, 1.165) is 16.5 Å². The fraction of sp³-hybridized carbons (Fsp3) is 0.231. The third-order valence-corrected chi connectivity index (χ3v) is 6.55. The molecule has 1 aromatic heterocycles. The molecular weight excluding hydrogens is 478 g/mol. The van der Waals surface area contributed by atoms with Gasteiger partial charge in [-0.05, 0) is 54.1 Å². The van der Waals surface area contributed by atoms with Crippen LogP contribution >= 0.6 is 11.8 Å². The number of benzene rings is 3. The predicted octanol–water partition coefficient (Wildman–Crippen LogP) is 3.65. The van der Waals surface area contributed by atoms with Crippen molar-refractivity contribution in [1.29, 1.82) is 0 Å². The number of thioether (sulfide) groups is 1. The van der Waals surface area contributed by atoms with Gasteiger partial charge in [-0.15, -0.1) is 10.2 Å².